The van der Waals surface area contributed by atoms with Crippen molar-refractivity contribution in [2.45, 2.75) is 59.4 Å². The number of allylic oxidation sites excluding steroid dienone is 2. The Kier molecular flexibility index (Phi) is 18.3. The number of Topliss-reactive ketones (excluding diaryl/α,β-unsaturated/α-hetero) is 1. The monoisotopic (exact) mass is 379 g/mol. The minimum absolute atomic E-state index is 0.170. The average molecular weight is 380 g/mol. The number of amides is 1. The van der Waals surface area contributed by atoms with Gasteiger partial charge in [0.15, 0.2) is 0 Å². The highest BCUT2D eigenvalue weighted by Gasteiger charge is 2.18. The number of aromatic nitrogens is 2. The van der Waals surface area contributed by atoms with Crippen LogP contribution in [0, 0.1) is 0 Å². The van der Waals surface area contributed by atoms with Crippen molar-refractivity contribution in [1.29, 1.82) is 0 Å². The molecule has 27 heavy (non-hydrogen) atoms. The molecule has 0 atom stereocenters. The summed E-state index contributed by atoms with van der Waals surface area (Å²) in [5.74, 6) is 0.00176. The summed E-state index contributed by atoms with van der Waals surface area (Å²) in [5.41, 5.74) is 6.32. The van der Waals surface area contributed by atoms with Crippen molar-refractivity contribution in [1.82, 2.24) is 20.8 Å². The number of nitrogens with two attached hydrogens (primary N) is 1. The first kappa shape index (κ1) is 26.8. The molecule has 1 amide bonds. The van der Waals surface area contributed by atoms with E-state index in [0.29, 0.717) is 17.8 Å². The summed E-state index contributed by atoms with van der Waals surface area (Å²) in [6.45, 7) is 16.4. The Morgan fingerprint density at radius 3 is 2.19 bits per heavy atom. The fourth-order valence-corrected chi connectivity index (χ4v) is 1.90. The molecule has 1 aromatic heterocycles. The van der Waals surface area contributed by atoms with Gasteiger partial charge in [0, 0.05) is 12.5 Å². The van der Waals surface area contributed by atoms with E-state index in [4.69, 9.17) is 5.73 Å². The summed E-state index contributed by atoms with van der Waals surface area (Å²) in [6.07, 6.45) is 8.42. The first-order valence-electron chi connectivity index (χ1n) is 9.47. The molecule has 2 heterocycles. The van der Waals surface area contributed by atoms with Gasteiger partial charge >= 0.3 is 0 Å². The fourth-order valence-electron chi connectivity index (χ4n) is 1.90. The summed E-state index contributed by atoms with van der Waals surface area (Å²) < 4.78 is 0. The van der Waals surface area contributed by atoms with Gasteiger partial charge in [0.05, 0.1) is 11.9 Å². The van der Waals surface area contributed by atoms with Crippen LogP contribution < -0.4 is 16.4 Å². The van der Waals surface area contributed by atoms with Crippen molar-refractivity contribution >= 4 is 17.4 Å². The summed E-state index contributed by atoms with van der Waals surface area (Å²) in [4.78, 5) is 21.7. The third-order valence-electron chi connectivity index (χ3n) is 3.29. The Balaban J connectivity index is 0. The van der Waals surface area contributed by atoms with Crippen LogP contribution in [0.3, 0.4) is 0 Å². The molecule has 1 saturated heterocycles. The molecule has 1 aromatic rings. The Hall–Kier alpha value is -2.41. The van der Waals surface area contributed by atoms with Gasteiger partial charge in [-0.1, -0.05) is 32.9 Å². The van der Waals surface area contributed by atoms with Gasteiger partial charge in [-0.25, -0.2) is 0 Å². The topological polar surface area (TPSA) is 113 Å². The lowest BCUT2D eigenvalue weighted by atomic mass is 10.1. The van der Waals surface area contributed by atoms with Gasteiger partial charge in [0.2, 0.25) is 0 Å². The predicted molar refractivity (Wildman–Crippen MR) is 114 cm³/mol. The zero-order valence-electron chi connectivity index (χ0n) is 17.3. The molecular weight excluding hydrogens is 342 g/mol. The quantitative estimate of drug-likeness (QED) is 0.587. The third-order valence-corrected chi connectivity index (χ3v) is 3.29. The predicted octanol–water partition coefficient (Wildman–Crippen LogP) is 3.23. The first-order valence-corrected chi connectivity index (χ1v) is 9.47. The van der Waals surface area contributed by atoms with E-state index in [1.165, 1.54) is 6.20 Å². The van der Waals surface area contributed by atoms with Crippen molar-refractivity contribution in [3.05, 3.63) is 37.2 Å². The number of carbonyl (C=O) groups is 2. The Morgan fingerprint density at radius 2 is 1.85 bits per heavy atom. The van der Waals surface area contributed by atoms with Gasteiger partial charge in [-0.2, -0.15) is 5.10 Å². The maximum Gasteiger partial charge on any atom is 0.271 e. The summed E-state index contributed by atoms with van der Waals surface area (Å²) in [7, 11) is 0. The van der Waals surface area contributed by atoms with Gasteiger partial charge in [-0.15, -0.1) is 13.2 Å². The number of aromatic amines is 1. The highest BCUT2D eigenvalue weighted by molar-refractivity contribution is 5.97. The van der Waals surface area contributed by atoms with Crippen molar-refractivity contribution < 1.29 is 9.59 Å². The zero-order chi connectivity index (χ0) is 21.1. The number of piperidine rings is 1. The number of nitrogens with one attached hydrogen (secondary N) is 3. The highest BCUT2D eigenvalue weighted by Crippen LogP contribution is 2.08. The molecule has 0 aromatic carbocycles. The molecule has 0 spiro atoms. The number of anilines is 1. The molecule has 7 heteroatoms. The van der Waals surface area contributed by atoms with Crippen molar-refractivity contribution in [2.24, 2.45) is 0 Å². The standard InChI is InChI=1S/C9H15N5O.C5H8O.C4H8.C2H6/c10-7-5-12-14-8(7)9(15)13-6-1-3-11-4-2-6;1-3-4-5(2)6;1-3-4-2;1-2/h5-6,11H,1-4,10H2,(H,12,14)(H,13,15);3H,1,4H2,2H3;3H,1,4H2,2H3;1-2H3. The second-order valence-electron chi connectivity index (χ2n) is 5.59. The largest absolute Gasteiger partial charge is 0.396 e. The van der Waals surface area contributed by atoms with Crippen LogP contribution in [0.1, 0.15) is 63.9 Å². The molecular formula is C20H37N5O2. The number of hydrogen-bond donors (Lipinski definition) is 4. The van der Waals surface area contributed by atoms with Gasteiger partial charge in [-0.3, -0.25) is 14.7 Å². The highest BCUT2D eigenvalue weighted by atomic mass is 16.2. The lowest BCUT2D eigenvalue weighted by molar-refractivity contribution is -0.116. The van der Waals surface area contributed by atoms with Crippen molar-refractivity contribution in [3.63, 3.8) is 0 Å². The van der Waals surface area contributed by atoms with E-state index < -0.39 is 0 Å². The zero-order valence-corrected chi connectivity index (χ0v) is 17.3. The van der Waals surface area contributed by atoms with Crippen LogP contribution in [-0.4, -0.2) is 41.0 Å². The van der Waals surface area contributed by atoms with Crippen LogP contribution in [0.25, 0.3) is 0 Å². The van der Waals surface area contributed by atoms with E-state index in [1.807, 2.05) is 19.9 Å². The van der Waals surface area contributed by atoms with Gasteiger partial charge < -0.3 is 16.4 Å². The molecule has 1 fully saturated rings. The number of ketones is 1. The second kappa shape index (κ2) is 18.4. The molecule has 0 radical (unpaired) electrons. The summed E-state index contributed by atoms with van der Waals surface area (Å²) in [5, 5.41) is 12.5. The van der Waals surface area contributed by atoms with Gasteiger partial charge in [0.1, 0.15) is 11.5 Å². The SMILES string of the molecule is C=CCC.C=CCC(C)=O.CC.Nc1cn[nH]c1C(=O)NC1CCNCC1. The number of rotatable bonds is 5. The number of hydrogen-bond acceptors (Lipinski definition) is 5. The maximum absolute atomic E-state index is 11.7. The fraction of sp³-hybridized carbons (Fsp3) is 0.550. The molecule has 5 N–H and O–H groups in total. The van der Waals surface area contributed by atoms with E-state index in [0.717, 1.165) is 32.4 Å². The lowest BCUT2D eigenvalue weighted by Gasteiger charge is -2.23. The maximum atomic E-state index is 11.7. The van der Waals surface area contributed by atoms with Crippen LogP contribution in [0.15, 0.2) is 31.5 Å². The van der Waals surface area contributed by atoms with Gasteiger partial charge in [-0.05, 0) is 39.3 Å². The smallest absolute Gasteiger partial charge is 0.271 e. The summed E-state index contributed by atoms with van der Waals surface area (Å²) in [6, 6.07) is 0.237. The minimum Gasteiger partial charge on any atom is -0.396 e. The molecule has 0 unspecified atom stereocenters. The lowest BCUT2D eigenvalue weighted by Crippen LogP contribution is -2.42. The van der Waals surface area contributed by atoms with Crippen LogP contribution in [-0.2, 0) is 4.79 Å². The molecule has 2 rings (SSSR count). The van der Waals surface area contributed by atoms with E-state index in [2.05, 4.69) is 40.9 Å². The third kappa shape index (κ3) is 14.4. The normalized spacial score (nSPS) is 12.6. The number of nitrogen functional groups attached to an aromatic ring is 1. The van der Waals surface area contributed by atoms with Crippen LogP contribution in [0.4, 0.5) is 5.69 Å². The van der Waals surface area contributed by atoms with Crippen molar-refractivity contribution in [2.75, 3.05) is 18.8 Å². The minimum atomic E-state index is -0.170. The number of carbonyl (C=O) groups excluding carboxylic acids is 2. The van der Waals surface area contributed by atoms with Gasteiger partial charge in [0.25, 0.3) is 5.91 Å². The number of nitrogens with zero attached hydrogens (tertiary/aromatic N) is 1. The molecule has 154 valence electrons. The summed E-state index contributed by atoms with van der Waals surface area (Å²) >= 11 is 0. The molecule has 1 aliphatic heterocycles. The average Bonchev–Trinajstić information content (AvgIpc) is 3.11. The van der Waals surface area contributed by atoms with Crippen LogP contribution in [0.5, 0.6) is 0 Å². The molecule has 0 bridgehead atoms. The van der Waals surface area contributed by atoms with Crippen LogP contribution >= 0.6 is 0 Å². The Morgan fingerprint density at radius 1 is 1.30 bits per heavy atom. The Bertz CT molecular complexity index is 534. The molecule has 7 nitrogen and oxygen atoms in total. The van der Waals surface area contributed by atoms with Crippen LogP contribution in [0.2, 0.25) is 0 Å². The second-order valence-corrected chi connectivity index (χ2v) is 5.59. The number of H-pyrrole nitrogens is 1. The van der Waals surface area contributed by atoms with E-state index >= 15 is 0 Å². The van der Waals surface area contributed by atoms with E-state index in [-0.39, 0.29) is 17.7 Å². The molecule has 1 aliphatic rings. The Labute approximate surface area is 163 Å². The van der Waals surface area contributed by atoms with E-state index in [9.17, 15) is 9.59 Å². The van der Waals surface area contributed by atoms with Crippen molar-refractivity contribution in [3.8, 4) is 0 Å². The molecule has 0 saturated carbocycles. The first-order chi connectivity index (χ1) is 13.0. The van der Waals surface area contributed by atoms with E-state index in [1.54, 1.807) is 13.0 Å². The molecule has 0 aliphatic carbocycles.